The van der Waals surface area contributed by atoms with Gasteiger partial charge in [-0.15, -0.1) is 10.2 Å². The number of anilines is 1. The largest absolute Gasteiger partial charge is 0.411 e. The van der Waals surface area contributed by atoms with Crippen LogP contribution in [0.1, 0.15) is 0 Å². The van der Waals surface area contributed by atoms with Gasteiger partial charge in [0.2, 0.25) is 5.91 Å². The standard InChI is InChI=1S/C18H12ClFN4O2S/c19-10-5-6-15(13(20)7-10)22-16(25)9-27-18-24-23-17(26-18)12-8-21-14-4-2-1-3-11(12)14/h1-8,21H,9H2,(H,22,25). The van der Waals surface area contributed by atoms with Gasteiger partial charge < -0.3 is 14.7 Å². The fourth-order valence-electron chi connectivity index (χ4n) is 2.53. The number of aromatic amines is 1. The van der Waals surface area contributed by atoms with Crippen LogP contribution < -0.4 is 5.32 Å². The number of amides is 1. The molecular weight excluding hydrogens is 391 g/mol. The number of carbonyl (C=O) groups excluding carboxylic acids is 1. The number of aromatic nitrogens is 3. The second kappa shape index (κ2) is 7.42. The molecule has 0 radical (unpaired) electrons. The number of halogens is 2. The third-order valence-corrected chi connectivity index (χ3v) is 4.81. The quantitative estimate of drug-likeness (QED) is 0.471. The van der Waals surface area contributed by atoms with Gasteiger partial charge in [0.15, 0.2) is 0 Å². The number of benzene rings is 2. The lowest BCUT2D eigenvalue weighted by Crippen LogP contribution is -2.15. The summed E-state index contributed by atoms with van der Waals surface area (Å²) in [6, 6.07) is 11.8. The number of carbonyl (C=O) groups is 1. The van der Waals surface area contributed by atoms with Gasteiger partial charge in [-0.05, 0) is 24.3 Å². The van der Waals surface area contributed by atoms with Crippen molar-refractivity contribution in [2.45, 2.75) is 5.22 Å². The average molecular weight is 403 g/mol. The molecule has 4 aromatic rings. The van der Waals surface area contributed by atoms with Crippen LogP contribution in [0.15, 0.2) is 58.3 Å². The Morgan fingerprint density at radius 1 is 1.26 bits per heavy atom. The van der Waals surface area contributed by atoms with Crippen molar-refractivity contribution in [2.75, 3.05) is 11.1 Å². The highest BCUT2D eigenvalue weighted by molar-refractivity contribution is 7.99. The molecule has 0 bridgehead atoms. The Hall–Kier alpha value is -2.84. The Kier molecular flexibility index (Phi) is 4.83. The number of nitrogens with one attached hydrogen (secondary N) is 2. The number of fused-ring (bicyclic) bond motifs is 1. The van der Waals surface area contributed by atoms with E-state index in [0.717, 1.165) is 34.3 Å². The minimum absolute atomic E-state index is 0.00240. The highest BCUT2D eigenvalue weighted by atomic mass is 35.5. The lowest BCUT2D eigenvalue weighted by molar-refractivity contribution is -0.113. The van der Waals surface area contributed by atoms with Gasteiger partial charge in [0.05, 0.1) is 17.0 Å². The second-order valence-corrected chi connectivity index (χ2v) is 6.95. The Morgan fingerprint density at radius 3 is 2.96 bits per heavy atom. The fraction of sp³-hybridized carbons (Fsp3) is 0.0556. The molecule has 2 heterocycles. The molecule has 6 nitrogen and oxygen atoms in total. The van der Waals surface area contributed by atoms with Crippen LogP contribution in [0, 0.1) is 5.82 Å². The first-order valence-electron chi connectivity index (χ1n) is 7.88. The number of hydrogen-bond donors (Lipinski definition) is 2. The molecule has 0 saturated carbocycles. The Labute approximate surface area is 162 Å². The maximum Gasteiger partial charge on any atom is 0.277 e. The molecule has 2 N–H and O–H groups in total. The molecule has 0 atom stereocenters. The van der Waals surface area contributed by atoms with Crippen LogP contribution in [0.25, 0.3) is 22.4 Å². The highest BCUT2D eigenvalue weighted by Gasteiger charge is 2.15. The predicted octanol–water partition coefficient (Wildman–Crippen LogP) is 4.74. The average Bonchev–Trinajstić information content (AvgIpc) is 3.29. The van der Waals surface area contributed by atoms with Crippen molar-refractivity contribution in [2.24, 2.45) is 0 Å². The molecule has 0 aliphatic carbocycles. The molecule has 9 heteroatoms. The van der Waals surface area contributed by atoms with E-state index in [-0.39, 0.29) is 21.7 Å². The van der Waals surface area contributed by atoms with Crippen molar-refractivity contribution < 1.29 is 13.6 Å². The summed E-state index contributed by atoms with van der Waals surface area (Å²) in [4.78, 5) is 15.1. The van der Waals surface area contributed by atoms with Crippen LogP contribution in [-0.2, 0) is 4.79 Å². The number of thioether (sulfide) groups is 1. The van der Waals surface area contributed by atoms with Gasteiger partial charge in [0, 0.05) is 22.1 Å². The first-order valence-corrected chi connectivity index (χ1v) is 9.24. The number of H-pyrrole nitrogens is 1. The predicted molar refractivity (Wildman–Crippen MR) is 102 cm³/mol. The molecule has 2 aromatic carbocycles. The van der Waals surface area contributed by atoms with Crippen LogP contribution >= 0.6 is 23.4 Å². The zero-order chi connectivity index (χ0) is 18.8. The topological polar surface area (TPSA) is 83.8 Å². The first-order chi connectivity index (χ1) is 13.1. The molecule has 27 heavy (non-hydrogen) atoms. The lowest BCUT2D eigenvalue weighted by atomic mass is 10.2. The monoisotopic (exact) mass is 402 g/mol. The fourth-order valence-corrected chi connectivity index (χ4v) is 3.25. The third-order valence-electron chi connectivity index (χ3n) is 3.76. The summed E-state index contributed by atoms with van der Waals surface area (Å²) in [6.07, 6.45) is 1.79. The van der Waals surface area contributed by atoms with Crippen molar-refractivity contribution in [1.82, 2.24) is 15.2 Å². The zero-order valence-corrected chi connectivity index (χ0v) is 15.3. The minimum atomic E-state index is -0.597. The molecule has 136 valence electrons. The summed E-state index contributed by atoms with van der Waals surface area (Å²) < 4.78 is 19.3. The van der Waals surface area contributed by atoms with E-state index in [1.165, 1.54) is 12.1 Å². The number of para-hydroxylation sites is 1. The number of rotatable bonds is 5. The minimum Gasteiger partial charge on any atom is -0.411 e. The van der Waals surface area contributed by atoms with E-state index in [1.807, 2.05) is 24.3 Å². The van der Waals surface area contributed by atoms with Crippen LogP contribution in [0.3, 0.4) is 0 Å². The van der Waals surface area contributed by atoms with Gasteiger partial charge in [-0.1, -0.05) is 41.6 Å². The maximum atomic E-state index is 13.7. The van der Waals surface area contributed by atoms with Crippen LogP contribution in [0.4, 0.5) is 10.1 Å². The summed E-state index contributed by atoms with van der Waals surface area (Å²) in [5.41, 5.74) is 1.82. The summed E-state index contributed by atoms with van der Waals surface area (Å²) in [6.45, 7) is 0. The normalized spacial score (nSPS) is 11.0. The molecular formula is C18H12ClFN4O2S. The summed E-state index contributed by atoms with van der Waals surface area (Å²) in [5.74, 6) is -0.634. The molecule has 4 rings (SSSR count). The Balaban J connectivity index is 1.41. The molecule has 0 unspecified atom stereocenters. The van der Waals surface area contributed by atoms with Gasteiger partial charge in [-0.25, -0.2) is 4.39 Å². The van der Waals surface area contributed by atoms with E-state index in [9.17, 15) is 9.18 Å². The SMILES string of the molecule is O=C(CSc1nnc(-c2c[nH]c3ccccc23)o1)Nc1ccc(Cl)cc1F. The zero-order valence-electron chi connectivity index (χ0n) is 13.7. The van der Waals surface area contributed by atoms with E-state index in [0.29, 0.717) is 5.89 Å². The first kappa shape index (κ1) is 17.6. The second-order valence-electron chi connectivity index (χ2n) is 5.58. The van der Waals surface area contributed by atoms with Gasteiger partial charge in [-0.3, -0.25) is 4.79 Å². The summed E-state index contributed by atoms with van der Waals surface area (Å²) in [7, 11) is 0. The van der Waals surface area contributed by atoms with Crippen LogP contribution in [0.5, 0.6) is 0 Å². The van der Waals surface area contributed by atoms with E-state index in [2.05, 4.69) is 20.5 Å². The van der Waals surface area contributed by atoms with Crippen molar-refractivity contribution in [3.8, 4) is 11.5 Å². The van der Waals surface area contributed by atoms with Crippen LogP contribution in [0.2, 0.25) is 5.02 Å². The van der Waals surface area contributed by atoms with Crippen molar-refractivity contribution in [3.63, 3.8) is 0 Å². The number of hydrogen-bond acceptors (Lipinski definition) is 5. The van der Waals surface area contributed by atoms with E-state index in [4.69, 9.17) is 16.0 Å². The maximum absolute atomic E-state index is 13.7. The van der Waals surface area contributed by atoms with E-state index in [1.54, 1.807) is 6.20 Å². The lowest BCUT2D eigenvalue weighted by Gasteiger charge is -2.05. The highest BCUT2D eigenvalue weighted by Crippen LogP contribution is 2.29. The molecule has 0 aliphatic rings. The molecule has 0 fully saturated rings. The van der Waals surface area contributed by atoms with Crippen molar-refractivity contribution >= 4 is 45.9 Å². The Bertz CT molecular complexity index is 1130. The van der Waals surface area contributed by atoms with Gasteiger partial charge >= 0.3 is 0 Å². The molecule has 2 aromatic heterocycles. The molecule has 1 amide bonds. The molecule has 0 saturated heterocycles. The smallest absolute Gasteiger partial charge is 0.277 e. The Morgan fingerprint density at radius 2 is 2.11 bits per heavy atom. The van der Waals surface area contributed by atoms with E-state index < -0.39 is 11.7 Å². The molecule has 0 aliphatic heterocycles. The van der Waals surface area contributed by atoms with Crippen LogP contribution in [-0.4, -0.2) is 26.8 Å². The van der Waals surface area contributed by atoms with E-state index >= 15 is 0 Å². The van der Waals surface area contributed by atoms with Gasteiger partial charge in [-0.2, -0.15) is 0 Å². The van der Waals surface area contributed by atoms with Gasteiger partial charge in [0.1, 0.15) is 5.82 Å². The summed E-state index contributed by atoms with van der Waals surface area (Å²) >= 11 is 6.76. The van der Waals surface area contributed by atoms with Crippen molar-refractivity contribution in [3.05, 3.63) is 59.5 Å². The third kappa shape index (κ3) is 3.81. The summed E-state index contributed by atoms with van der Waals surface area (Å²) in [5, 5.41) is 11.9. The van der Waals surface area contributed by atoms with Crippen molar-refractivity contribution in [1.29, 1.82) is 0 Å². The van der Waals surface area contributed by atoms with Gasteiger partial charge in [0.25, 0.3) is 11.1 Å². The number of nitrogens with zero attached hydrogens (tertiary/aromatic N) is 2. The molecule has 0 spiro atoms.